The molecular formula is C22H17BrN2OS. The van der Waals surface area contributed by atoms with Crippen LogP contribution in [-0.2, 0) is 4.45 Å². The van der Waals surface area contributed by atoms with Crippen LogP contribution >= 0.6 is 27.7 Å². The van der Waals surface area contributed by atoms with E-state index in [1.165, 1.54) is 11.8 Å². The number of thioether (sulfide) groups is 1. The van der Waals surface area contributed by atoms with Crippen molar-refractivity contribution in [2.45, 2.75) is 9.70 Å². The maximum Gasteiger partial charge on any atom is 0.179 e. The van der Waals surface area contributed by atoms with Gasteiger partial charge in [-0.25, -0.2) is 0 Å². The highest BCUT2D eigenvalue weighted by molar-refractivity contribution is 9.10. The summed E-state index contributed by atoms with van der Waals surface area (Å²) in [6, 6.07) is 28.9. The Kier molecular flexibility index (Phi) is 4.89. The van der Waals surface area contributed by atoms with E-state index in [4.69, 9.17) is 5.41 Å². The van der Waals surface area contributed by atoms with E-state index >= 15 is 0 Å². The summed E-state index contributed by atoms with van der Waals surface area (Å²) in [5.74, 6) is 0.00418. The Balaban J connectivity index is 1.87. The van der Waals surface area contributed by atoms with Crippen molar-refractivity contribution in [2.24, 2.45) is 0 Å². The van der Waals surface area contributed by atoms with E-state index in [1.807, 2.05) is 95.9 Å². The molecule has 1 aliphatic rings. The third kappa shape index (κ3) is 3.11. The van der Waals surface area contributed by atoms with E-state index in [2.05, 4.69) is 15.9 Å². The summed E-state index contributed by atoms with van der Waals surface area (Å²) in [5.41, 5.74) is 2.47. The predicted octanol–water partition coefficient (Wildman–Crippen LogP) is 5.67. The summed E-state index contributed by atoms with van der Waals surface area (Å²) in [5, 5.41) is 8.49. The molecule has 0 spiro atoms. The minimum Gasteiger partial charge on any atom is -0.300 e. The number of amidine groups is 1. The lowest BCUT2D eigenvalue weighted by Gasteiger charge is -2.37. The topological polar surface area (TPSA) is 44.2 Å². The number of alkyl halides is 1. The average Bonchev–Trinajstić information content (AvgIpc) is 3.01. The van der Waals surface area contributed by atoms with Crippen molar-refractivity contribution in [3.05, 3.63) is 102 Å². The number of nitrogens with one attached hydrogen (secondary N) is 1. The van der Waals surface area contributed by atoms with Gasteiger partial charge in [-0.1, -0.05) is 107 Å². The van der Waals surface area contributed by atoms with Gasteiger partial charge in [0, 0.05) is 11.3 Å². The van der Waals surface area contributed by atoms with Gasteiger partial charge >= 0.3 is 0 Å². The van der Waals surface area contributed by atoms with Gasteiger partial charge in [-0.05, 0) is 17.7 Å². The number of nitrogens with zero attached hydrogens (tertiary/aromatic N) is 1. The van der Waals surface area contributed by atoms with Gasteiger partial charge in [0.05, 0.1) is 0 Å². The number of anilines is 1. The lowest BCUT2D eigenvalue weighted by molar-refractivity contribution is 0.0979. The first-order valence-corrected chi connectivity index (χ1v) is 10.2. The molecule has 1 fully saturated rings. The smallest absolute Gasteiger partial charge is 0.179 e. The summed E-state index contributed by atoms with van der Waals surface area (Å²) in [4.78, 5) is 15.3. The fourth-order valence-electron chi connectivity index (χ4n) is 3.32. The van der Waals surface area contributed by atoms with Crippen molar-refractivity contribution in [1.82, 2.24) is 0 Å². The lowest BCUT2D eigenvalue weighted by atomic mass is 9.95. The third-order valence-corrected chi connectivity index (χ3v) is 7.37. The number of carbonyl (C=O) groups excluding carboxylic acids is 1. The Morgan fingerprint density at radius 2 is 1.41 bits per heavy atom. The molecule has 1 saturated heterocycles. The van der Waals surface area contributed by atoms with E-state index in [9.17, 15) is 4.79 Å². The number of hydrogen-bond acceptors (Lipinski definition) is 3. The molecule has 3 aromatic rings. The number of para-hydroxylation sites is 1. The molecular weight excluding hydrogens is 420 g/mol. The standard InChI is InChI=1S/C22H17BrN2OS/c23-22(17-12-6-2-7-13-17)20(19(26)16-10-4-1-5-11-16)27-21(24)25(22)18-14-8-3-9-15-18/h1-15,20,24H/t20-,22-/m0/s1. The molecule has 1 heterocycles. The second-order valence-electron chi connectivity index (χ2n) is 6.24. The highest BCUT2D eigenvalue weighted by Crippen LogP contribution is 2.53. The van der Waals surface area contributed by atoms with Crippen LogP contribution in [0.15, 0.2) is 91.0 Å². The molecule has 4 rings (SSSR count). The largest absolute Gasteiger partial charge is 0.300 e. The van der Waals surface area contributed by atoms with Gasteiger partial charge in [-0.2, -0.15) is 0 Å². The fraction of sp³-hybridized carbons (Fsp3) is 0.0909. The highest BCUT2D eigenvalue weighted by atomic mass is 79.9. The maximum atomic E-state index is 13.4. The fourth-order valence-corrected chi connectivity index (χ4v) is 5.79. The number of carbonyl (C=O) groups is 1. The normalized spacial score (nSPS) is 22.0. The molecule has 0 aromatic heterocycles. The average molecular weight is 437 g/mol. The second kappa shape index (κ2) is 7.33. The summed E-state index contributed by atoms with van der Waals surface area (Å²) in [6.45, 7) is 0. The number of ketones is 1. The Labute approximate surface area is 171 Å². The zero-order chi connectivity index (χ0) is 18.9. The Hall–Kier alpha value is -2.37. The molecule has 1 N–H and O–H groups in total. The summed E-state index contributed by atoms with van der Waals surface area (Å²) < 4.78 is -0.843. The van der Waals surface area contributed by atoms with Crippen LogP contribution in [0.3, 0.4) is 0 Å². The quantitative estimate of drug-likeness (QED) is 0.325. The Bertz CT molecular complexity index is 965. The molecule has 0 bridgehead atoms. The maximum absolute atomic E-state index is 13.4. The van der Waals surface area contributed by atoms with Crippen LogP contribution in [0, 0.1) is 5.41 Å². The van der Waals surface area contributed by atoms with Gasteiger partial charge < -0.3 is 0 Å². The van der Waals surface area contributed by atoms with E-state index in [0.29, 0.717) is 10.7 Å². The number of Topliss-reactive ketones (excluding diaryl/α,β-unsaturated/α-hetero) is 1. The molecule has 5 heteroatoms. The summed E-state index contributed by atoms with van der Waals surface area (Å²) >= 11 is 5.19. The second-order valence-corrected chi connectivity index (χ2v) is 8.55. The van der Waals surface area contributed by atoms with Gasteiger partial charge in [-0.15, -0.1) is 0 Å². The van der Waals surface area contributed by atoms with Crippen molar-refractivity contribution in [1.29, 1.82) is 5.41 Å². The van der Waals surface area contributed by atoms with Crippen molar-refractivity contribution in [3.63, 3.8) is 0 Å². The Morgan fingerprint density at radius 3 is 2.00 bits per heavy atom. The molecule has 3 aromatic carbocycles. The van der Waals surface area contributed by atoms with Gasteiger partial charge in [-0.3, -0.25) is 15.1 Å². The highest BCUT2D eigenvalue weighted by Gasteiger charge is 2.55. The predicted molar refractivity (Wildman–Crippen MR) is 116 cm³/mol. The molecule has 0 amide bonds. The first kappa shape index (κ1) is 18.0. The van der Waals surface area contributed by atoms with Crippen molar-refractivity contribution in [2.75, 3.05) is 4.90 Å². The van der Waals surface area contributed by atoms with Crippen molar-refractivity contribution in [3.8, 4) is 0 Å². The molecule has 0 aliphatic carbocycles. The zero-order valence-electron chi connectivity index (χ0n) is 14.4. The third-order valence-electron chi connectivity index (χ3n) is 4.59. The van der Waals surface area contributed by atoms with Crippen LogP contribution in [0.1, 0.15) is 15.9 Å². The van der Waals surface area contributed by atoms with Gasteiger partial charge in [0.15, 0.2) is 11.0 Å². The zero-order valence-corrected chi connectivity index (χ0v) is 16.8. The van der Waals surface area contributed by atoms with E-state index in [-0.39, 0.29) is 5.78 Å². The molecule has 0 unspecified atom stereocenters. The van der Waals surface area contributed by atoms with Crippen LogP contribution in [0.4, 0.5) is 5.69 Å². The molecule has 3 nitrogen and oxygen atoms in total. The number of rotatable bonds is 4. The van der Waals surface area contributed by atoms with Crippen LogP contribution in [0.2, 0.25) is 0 Å². The number of benzene rings is 3. The summed E-state index contributed by atoms with van der Waals surface area (Å²) in [7, 11) is 0. The van der Waals surface area contributed by atoms with Crippen LogP contribution in [0.5, 0.6) is 0 Å². The van der Waals surface area contributed by atoms with E-state index in [1.54, 1.807) is 0 Å². The molecule has 27 heavy (non-hydrogen) atoms. The van der Waals surface area contributed by atoms with Crippen molar-refractivity contribution < 1.29 is 4.79 Å². The van der Waals surface area contributed by atoms with E-state index in [0.717, 1.165) is 11.3 Å². The minimum absolute atomic E-state index is 0.00418. The SMILES string of the molecule is N=C1S[C@@H](C(=O)c2ccccc2)[C@](Br)(c2ccccc2)N1c1ccccc1. The van der Waals surface area contributed by atoms with Gasteiger partial charge in [0.25, 0.3) is 0 Å². The molecule has 134 valence electrons. The lowest BCUT2D eigenvalue weighted by Crippen LogP contribution is -2.46. The molecule has 0 saturated carbocycles. The Morgan fingerprint density at radius 1 is 0.889 bits per heavy atom. The molecule has 2 atom stereocenters. The minimum atomic E-state index is -0.843. The number of halogens is 1. The summed E-state index contributed by atoms with van der Waals surface area (Å²) in [6.07, 6.45) is 0. The van der Waals surface area contributed by atoms with Crippen LogP contribution in [0.25, 0.3) is 0 Å². The van der Waals surface area contributed by atoms with E-state index < -0.39 is 9.70 Å². The van der Waals surface area contributed by atoms with Crippen LogP contribution in [-0.4, -0.2) is 16.2 Å². The van der Waals surface area contributed by atoms with Gasteiger partial charge in [0.2, 0.25) is 0 Å². The van der Waals surface area contributed by atoms with Crippen molar-refractivity contribution >= 4 is 44.3 Å². The first-order chi connectivity index (χ1) is 13.1. The molecule has 0 radical (unpaired) electrons. The molecule has 1 aliphatic heterocycles. The van der Waals surface area contributed by atoms with Crippen LogP contribution < -0.4 is 4.90 Å². The van der Waals surface area contributed by atoms with Gasteiger partial charge in [0.1, 0.15) is 9.70 Å². The number of hydrogen-bond donors (Lipinski definition) is 1. The first-order valence-electron chi connectivity index (χ1n) is 8.56. The monoisotopic (exact) mass is 436 g/mol.